The van der Waals surface area contributed by atoms with Gasteiger partial charge in [0.2, 0.25) is 0 Å². The fourth-order valence-electron chi connectivity index (χ4n) is 1.43. The number of nitrogen functional groups attached to an aromatic ring is 1. The number of nitrogens with zero attached hydrogens (tertiary/aromatic N) is 1. The first-order chi connectivity index (χ1) is 8.99. The highest BCUT2D eigenvalue weighted by Crippen LogP contribution is 2.29. The molecule has 19 heavy (non-hydrogen) atoms. The van der Waals surface area contributed by atoms with E-state index < -0.39 is 10.8 Å². The molecule has 98 valence electrons. The summed E-state index contributed by atoms with van der Waals surface area (Å²) in [6.45, 7) is 0. The lowest BCUT2D eigenvalue weighted by molar-refractivity contribution is -0.384. The summed E-state index contributed by atoms with van der Waals surface area (Å²) in [7, 11) is 0. The van der Waals surface area contributed by atoms with Crippen molar-refractivity contribution in [2.75, 3.05) is 11.1 Å². The zero-order chi connectivity index (χ0) is 14.0. The van der Waals surface area contributed by atoms with Crippen molar-refractivity contribution in [2.24, 2.45) is 0 Å². The highest BCUT2D eigenvalue weighted by molar-refractivity contribution is 7.08. The SMILES string of the molecule is Nc1c(Cl)cc([N+](=O)[O-])cc1C(=O)Nc1ccsc1. The molecule has 1 heterocycles. The molecule has 2 aromatic rings. The summed E-state index contributed by atoms with van der Waals surface area (Å²) in [6, 6.07) is 3.92. The van der Waals surface area contributed by atoms with Gasteiger partial charge in [0.15, 0.2) is 0 Å². The first-order valence-electron chi connectivity index (χ1n) is 5.06. The third-order valence-corrected chi connectivity index (χ3v) is 3.34. The Labute approximate surface area is 117 Å². The molecule has 0 radical (unpaired) electrons. The number of carbonyl (C=O) groups is 1. The van der Waals surface area contributed by atoms with Crippen molar-refractivity contribution in [1.29, 1.82) is 0 Å². The van der Waals surface area contributed by atoms with Crippen molar-refractivity contribution in [3.63, 3.8) is 0 Å². The molecular weight excluding hydrogens is 290 g/mol. The molecule has 1 amide bonds. The van der Waals surface area contributed by atoms with Gasteiger partial charge in [-0.15, -0.1) is 0 Å². The van der Waals surface area contributed by atoms with Gasteiger partial charge in [-0.3, -0.25) is 14.9 Å². The van der Waals surface area contributed by atoms with E-state index >= 15 is 0 Å². The van der Waals surface area contributed by atoms with Crippen molar-refractivity contribution in [2.45, 2.75) is 0 Å². The van der Waals surface area contributed by atoms with E-state index in [0.29, 0.717) is 5.69 Å². The molecule has 3 N–H and O–H groups in total. The van der Waals surface area contributed by atoms with Crippen molar-refractivity contribution < 1.29 is 9.72 Å². The first-order valence-corrected chi connectivity index (χ1v) is 6.38. The lowest BCUT2D eigenvalue weighted by atomic mass is 10.1. The predicted octanol–water partition coefficient (Wildman–Crippen LogP) is 3.14. The second-order valence-electron chi connectivity index (χ2n) is 3.61. The summed E-state index contributed by atoms with van der Waals surface area (Å²) >= 11 is 7.19. The van der Waals surface area contributed by atoms with E-state index in [-0.39, 0.29) is 22.0 Å². The van der Waals surface area contributed by atoms with Gasteiger partial charge in [0.05, 0.1) is 26.9 Å². The maximum absolute atomic E-state index is 12.0. The second-order valence-corrected chi connectivity index (χ2v) is 4.80. The number of nitro benzene ring substituents is 1. The Morgan fingerprint density at radius 1 is 1.47 bits per heavy atom. The van der Waals surface area contributed by atoms with Crippen molar-refractivity contribution in [1.82, 2.24) is 0 Å². The fraction of sp³-hybridized carbons (Fsp3) is 0. The number of benzene rings is 1. The van der Waals surface area contributed by atoms with Crippen LogP contribution in [-0.2, 0) is 0 Å². The molecular formula is C11H8ClN3O3S. The molecule has 0 atom stereocenters. The van der Waals surface area contributed by atoms with Crippen LogP contribution in [0.3, 0.4) is 0 Å². The standard InChI is InChI=1S/C11H8ClN3O3S/c12-9-4-7(15(17)18)3-8(10(9)13)11(16)14-6-1-2-19-5-6/h1-5H,13H2,(H,14,16). The van der Waals surface area contributed by atoms with E-state index in [9.17, 15) is 14.9 Å². The summed E-state index contributed by atoms with van der Waals surface area (Å²) < 4.78 is 0. The average Bonchev–Trinajstić information content (AvgIpc) is 2.84. The van der Waals surface area contributed by atoms with Crippen LogP contribution in [0.2, 0.25) is 5.02 Å². The summed E-state index contributed by atoms with van der Waals surface area (Å²) in [4.78, 5) is 22.1. The lowest BCUT2D eigenvalue weighted by Crippen LogP contribution is -2.14. The van der Waals surface area contributed by atoms with Crippen molar-refractivity contribution in [3.8, 4) is 0 Å². The number of carbonyl (C=O) groups excluding carboxylic acids is 1. The molecule has 0 aliphatic heterocycles. The quantitative estimate of drug-likeness (QED) is 0.516. The van der Waals surface area contributed by atoms with E-state index in [4.69, 9.17) is 17.3 Å². The van der Waals surface area contributed by atoms with E-state index in [1.807, 2.05) is 0 Å². The van der Waals surface area contributed by atoms with E-state index in [1.54, 1.807) is 16.8 Å². The number of non-ortho nitro benzene ring substituents is 1. The smallest absolute Gasteiger partial charge is 0.271 e. The van der Waals surface area contributed by atoms with Gasteiger partial charge in [-0.2, -0.15) is 11.3 Å². The van der Waals surface area contributed by atoms with Crippen LogP contribution in [-0.4, -0.2) is 10.8 Å². The number of nitrogens with one attached hydrogen (secondary N) is 1. The first kappa shape index (κ1) is 13.3. The van der Waals surface area contributed by atoms with Gasteiger partial charge in [0.25, 0.3) is 11.6 Å². The molecule has 0 fully saturated rings. The van der Waals surface area contributed by atoms with Gasteiger partial charge >= 0.3 is 0 Å². The summed E-state index contributed by atoms with van der Waals surface area (Å²) in [5.74, 6) is -0.540. The van der Waals surface area contributed by atoms with Crippen LogP contribution in [0.4, 0.5) is 17.1 Å². The number of halogens is 1. The number of nitrogens with two attached hydrogens (primary N) is 1. The maximum atomic E-state index is 12.0. The van der Waals surface area contributed by atoms with E-state index in [0.717, 1.165) is 12.1 Å². The molecule has 0 aliphatic carbocycles. The number of rotatable bonds is 3. The van der Waals surface area contributed by atoms with E-state index in [1.165, 1.54) is 11.3 Å². The Bertz CT molecular complexity index is 643. The Morgan fingerprint density at radius 2 is 2.21 bits per heavy atom. The zero-order valence-corrected chi connectivity index (χ0v) is 11.0. The predicted molar refractivity (Wildman–Crippen MR) is 74.8 cm³/mol. The molecule has 0 aliphatic rings. The Kier molecular flexibility index (Phi) is 3.68. The molecule has 8 heteroatoms. The monoisotopic (exact) mass is 297 g/mol. The van der Waals surface area contributed by atoms with Crippen LogP contribution < -0.4 is 11.1 Å². The van der Waals surface area contributed by atoms with Gasteiger partial charge in [0, 0.05) is 17.5 Å². The van der Waals surface area contributed by atoms with E-state index in [2.05, 4.69) is 5.32 Å². The van der Waals surface area contributed by atoms with Gasteiger partial charge in [-0.05, 0) is 11.4 Å². The summed E-state index contributed by atoms with van der Waals surface area (Å²) in [6.07, 6.45) is 0. The van der Waals surface area contributed by atoms with Crippen LogP contribution in [0, 0.1) is 10.1 Å². The Balaban J connectivity index is 2.38. The lowest BCUT2D eigenvalue weighted by Gasteiger charge is -2.07. The van der Waals surface area contributed by atoms with Gasteiger partial charge in [0.1, 0.15) is 0 Å². The average molecular weight is 298 g/mol. The highest BCUT2D eigenvalue weighted by atomic mass is 35.5. The number of thiophene rings is 1. The largest absolute Gasteiger partial charge is 0.397 e. The second kappa shape index (κ2) is 5.25. The van der Waals surface area contributed by atoms with Gasteiger partial charge in [-0.1, -0.05) is 11.6 Å². The number of anilines is 2. The van der Waals surface area contributed by atoms with Crippen LogP contribution >= 0.6 is 22.9 Å². The number of nitro groups is 1. The molecule has 2 rings (SSSR count). The molecule has 0 saturated carbocycles. The van der Waals surface area contributed by atoms with Crippen LogP contribution in [0.5, 0.6) is 0 Å². The third kappa shape index (κ3) is 2.83. The van der Waals surface area contributed by atoms with Crippen LogP contribution in [0.15, 0.2) is 29.0 Å². The molecule has 1 aromatic heterocycles. The minimum Gasteiger partial charge on any atom is -0.397 e. The normalized spacial score (nSPS) is 10.2. The number of amides is 1. The van der Waals surface area contributed by atoms with Crippen LogP contribution in [0.25, 0.3) is 0 Å². The van der Waals surface area contributed by atoms with Crippen LogP contribution in [0.1, 0.15) is 10.4 Å². The van der Waals surface area contributed by atoms with Crippen molar-refractivity contribution >= 4 is 45.9 Å². The number of hydrogen-bond donors (Lipinski definition) is 2. The topological polar surface area (TPSA) is 98.3 Å². The third-order valence-electron chi connectivity index (χ3n) is 2.35. The molecule has 0 spiro atoms. The Morgan fingerprint density at radius 3 is 2.79 bits per heavy atom. The minimum atomic E-state index is -0.632. The van der Waals surface area contributed by atoms with Crippen molar-refractivity contribution in [3.05, 3.63) is 49.7 Å². The Hall–Kier alpha value is -2.12. The van der Waals surface area contributed by atoms with Gasteiger partial charge in [-0.25, -0.2) is 0 Å². The summed E-state index contributed by atoms with van der Waals surface area (Å²) in [5, 5.41) is 16.8. The number of hydrogen-bond acceptors (Lipinski definition) is 5. The maximum Gasteiger partial charge on any atom is 0.271 e. The minimum absolute atomic E-state index is 0.0139. The molecule has 6 nitrogen and oxygen atoms in total. The van der Waals surface area contributed by atoms with Gasteiger partial charge < -0.3 is 11.1 Å². The molecule has 0 unspecified atom stereocenters. The fourth-order valence-corrected chi connectivity index (χ4v) is 2.23. The highest BCUT2D eigenvalue weighted by Gasteiger charge is 2.18. The molecule has 0 bridgehead atoms. The zero-order valence-electron chi connectivity index (χ0n) is 9.42. The molecule has 0 saturated heterocycles. The summed E-state index contributed by atoms with van der Waals surface area (Å²) in [5.41, 5.74) is 5.97. The molecule has 1 aromatic carbocycles.